The maximum absolute atomic E-state index is 11.7. The van der Waals surface area contributed by atoms with E-state index in [9.17, 15) is 4.79 Å². The standard InChI is InChI=1S/C13H21N5O/c1-9-8-18(10(2)7-14-9)12-6-5-11(15-16-12)13(19)17(3)4/h5-6,9-10,14H,7-8H2,1-4H3. The third-order valence-electron chi connectivity index (χ3n) is 3.33. The van der Waals surface area contributed by atoms with Crippen molar-refractivity contribution in [2.24, 2.45) is 0 Å². The third-order valence-corrected chi connectivity index (χ3v) is 3.33. The number of amides is 1. The molecule has 0 bridgehead atoms. The number of nitrogens with one attached hydrogen (secondary N) is 1. The molecule has 0 saturated carbocycles. The molecular weight excluding hydrogens is 242 g/mol. The van der Waals surface area contributed by atoms with Gasteiger partial charge in [0.15, 0.2) is 11.5 Å². The van der Waals surface area contributed by atoms with Crippen LogP contribution in [0, 0.1) is 0 Å². The normalized spacial score (nSPS) is 23.3. The number of carbonyl (C=O) groups excluding carboxylic acids is 1. The molecule has 2 unspecified atom stereocenters. The SMILES string of the molecule is CC1CN(c2ccc(C(=O)N(C)C)nn2)C(C)CN1. The van der Waals surface area contributed by atoms with Gasteiger partial charge in [-0.15, -0.1) is 10.2 Å². The summed E-state index contributed by atoms with van der Waals surface area (Å²) >= 11 is 0. The summed E-state index contributed by atoms with van der Waals surface area (Å²) in [5.41, 5.74) is 0.379. The number of piperazine rings is 1. The Balaban J connectivity index is 2.15. The minimum atomic E-state index is -0.124. The molecule has 0 aliphatic carbocycles. The molecule has 1 amide bonds. The molecule has 1 aliphatic heterocycles. The first-order chi connectivity index (χ1) is 8.99. The predicted octanol–water partition coefficient (Wildman–Crippen LogP) is 0.365. The lowest BCUT2D eigenvalue weighted by molar-refractivity contribution is 0.0821. The molecule has 0 spiro atoms. The smallest absolute Gasteiger partial charge is 0.273 e. The molecule has 1 aliphatic rings. The van der Waals surface area contributed by atoms with Crippen LogP contribution in [0.5, 0.6) is 0 Å². The largest absolute Gasteiger partial charge is 0.350 e. The average molecular weight is 263 g/mol. The van der Waals surface area contributed by atoms with Crippen molar-refractivity contribution in [1.82, 2.24) is 20.4 Å². The molecule has 19 heavy (non-hydrogen) atoms. The number of hydrogen-bond donors (Lipinski definition) is 1. The first-order valence-electron chi connectivity index (χ1n) is 6.54. The van der Waals surface area contributed by atoms with E-state index >= 15 is 0 Å². The second-order valence-corrected chi connectivity index (χ2v) is 5.29. The van der Waals surface area contributed by atoms with Crippen molar-refractivity contribution in [2.75, 3.05) is 32.1 Å². The molecule has 1 fully saturated rings. The number of aromatic nitrogens is 2. The van der Waals surface area contributed by atoms with Crippen molar-refractivity contribution < 1.29 is 4.79 Å². The van der Waals surface area contributed by atoms with Gasteiger partial charge >= 0.3 is 0 Å². The highest BCUT2D eigenvalue weighted by Crippen LogP contribution is 2.16. The van der Waals surface area contributed by atoms with Crippen LogP contribution in [0.3, 0.4) is 0 Å². The van der Waals surface area contributed by atoms with Gasteiger partial charge in [0.25, 0.3) is 5.91 Å². The molecule has 6 heteroatoms. The van der Waals surface area contributed by atoms with Crippen LogP contribution in [0.2, 0.25) is 0 Å². The van der Waals surface area contributed by atoms with Crippen LogP contribution < -0.4 is 10.2 Å². The zero-order valence-corrected chi connectivity index (χ0v) is 11.9. The van der Waals surface area contributed by atoms with Gasteiger partial charge in [0, 0.05) is 39.3 Å². The number of carbonyl (C=O) groups is 1. The fourth-order valence-electron chi connectivity index (χ4n) is 2.16. The summed E-state index contributed by atoms with van der Waals surface area (Å²) in [6, 6.07) is 4.42. The van der Waals surface area contributed by atoms with Crippen LogP contribution in [-0.4, -0.2) is 60.3 Å². The molecule has 6 nitrogen and oxygen atoms in total. The van der Waals surface area contributed by atoms with Crippen LogP contribution in [-0.2, 0) is 0 Å². The van der Waals surface area contributed by atoms with Gasteiger partial charge in [-0.25, -0.2) is 0 Å². The van der Waals surface area contributed by atoms with Gasteiger partial charge in [-0.1, -0.05) is 0 Å². The van der Waals surface area contributed by atoms with Crippen LogP contribution in [0.15, 0.2) is 12.1 Å². The zero-order chi connectivity index (χ0) is 14.0. The summed E-state index contributed by atoms with van der Waals surface area (Å²) < 4.78 is 0. The molecule has 0 aromatic carbocycles. The quantitative estimate of drug-likeness (QED) is 0.835. The Morgan fingerprint density at radius 3 is 2.68 bits per heavy atom. The highest BCUT2D eigenvalue weighted by atomic mass is 16.2. The van der Waals surface area contributed by atoms with E-state index in [1.54, 1.807) is 20.2 Å². The highest BCUT2D eigenvalue weighted by molar-refractivity contribution is 5.91. The Morgan fingerprint density at radius 2 is 2.11 bits per heavy atom. The Kier molecular flexibility index (Phi) is 3.99. The van der Waals surface area contributed by atoms with E-state index < -0.39 is 0 Å². The van der Waals surface area contributed by atoms with E-state index in [0.29, 0.717) is 17.8 Å². The molecule has 1 N–H and O–H groups in total. The van der Waals surface area contributed by atoms with E-state index in [1.165, 1.54) is 4.90 Å². The lowest BCUT2D eigenvalue weighted by Crippen LogP contribution is -2.54. The molecule has 1 aromatic rings. The number of anilines is 1. The van der Waals surface area contributed by atoms with Gasteiger partial charge < -0.3 is 15.1 Å². The van der Waals surface area contributed by atoms with E-state index in [4.69, 9.17) is 0 Å². The Bertz CT molecular complexity index is 445. The summed E-state index contributed by atoms with van der Waals surface area (Å²) in [7, 11) is 3.41. The van der Waals surface area contributed by atoms with Crippen molar-refractivity contribution in [3.8, 4) is 0 Å². The molecule has 1 aromatic heterocycles. The molecule has 1 saturated heterocycles. The fraction of sp³-hybridized carbons (Fsp3) is 0.615. The minimum absolute atomic E-state index is 0.124. The van der Waals surface area contributed by atoms with Gasteiger partial charge in [0.2, 0.25) is 0 Å². The van der Waals surface area contributed by atoms with Crippen LogP contribution in [0.4, 0.5) is 5.82 Å². The molecular formula is C13H21N5O. The summed E-state index contributed by atoms with van der Waals surface area (Å²) in [5.74, 6) is 0.705. The van der Waals surface area contributed by atoms with Crippen molar-refractivity contribution in [3.63, 3.8) is 0 Å². The summed E-state index contributed by atoms with van der Waals surface area (Å²) in [5, 5.41) is 11.6. The summed E-state index contributed by atoms with van der Waals surface area (Å²) in [6.45, 7) is 6.13. The topological polar surface area (TPSA) is 61.4 Å². The van der Waals surface area contributed by atoms with Gasteiger partial charge in [-0.3, -0.25) is 4.79 Å². The fourth-order valence-corrected chi connectivity index (χ4v) is 2.16. The van der Waals surface area contributed by atoms with Gasteiger partial charge in [-0.05, 0) is 26.0 Å². The number of rotatable bonds is 2. The Labute approximate surface area is 113 Å². The first-order valence-corrected chi connectivity index (χ1v) is 6.54. The van der Waals surface area contributed by atoms with Crippen LogP contribution in [0.1, 0.15) is 24.3 Å². The van der Waals surface area contributed by atoms with Crippen molar-refractivity contribution in [2.45, 2.75) is 25.9 Å². The minimum Gasteiger partial charge on any atom is -0.350 e. The maximum Gasteiger partial charge on any atom is 0.273 e. The lowest BCUT2D eigenvalue weighted by Gasteiger charge is -2.38. The average Bonchev–Trinajstić information content (AvgIpc) is 2.41. The van der Waals surface area contributed by atoms with Crippen molar-refractivity contribution in [3.05, 3.63) is 17.8 Å². The molecule has 104 valence electrons. The molecule has 0 radical (unpaired) electrons. The number of hydrogen-bond acceptors (Lipinski definition) is 5. The van der Waals surface area contributed by atoms with Crippen molar-refractivity contribution in [1.29, 1.82) is 0 Å². The maximum atomic E-state index is 11.7. The summed E-state index contributed by atoms with van der Waals surface area (Å²) in [4.78, 5) is 15.5. The molecule has 2 heterocycles. The predicted molar refractivity (Wildman–Crippen MR) is 74.3 cm³/mol. The van der Waals surface area contributed by atoms with E-state index in [2.05, 4.69) is 34.3 Å². The van der Waals surface area contributed by atoms with Crippen molar-refractivity contribution >= 4 is 11.7 Å². The van der Waals surface area contributed by atoms with E-state index in [1.807, 2.05) is 6.07 Å². The van der Waals surface area contributed by atoms with E-state index in [0.717, 1.165) is 18.9 Å². The zero-order valence-electron chi connectivity index (χ0n) is 11.9. The Hall–Kier alpha value is -1.69. The van der Waals surface area contributed by atoms with Crippen LogP contribution in [0.25, 0.3) is 0 Å². The number of nitrogens with zero attached hydrogens (tertiary/aromatic N) is 4. The van der Waals surface area contributed by atoms with Gasteiger partial charge in [-0.2, -0.15) is 0 Å². The third kappa shape index (κ3) is 3.01. The van der Waals surface area contributed by atoms with Gasteiger partial charge in [0.1, 0.15) is 0 Å². The molecule has 2 rings (SSSR count). The van der Waals surface area contributed by atoms with E-state index in [-0.39, 0.29) is 5.91 Å². The second kappa shape index (κ2) is 5.52. The van der Waals surface area contributed by atoms with Gasteiger partial charge in [0.05, 0.1) is 0 Å². The lowest BCUT2D eigenvalue weighted by atomic mass is 10.1. The second-order valence-electron chi connectivity index (χ2n) is 5.29. The first kappa shape index (κ1) is 13.7. The summed E-state index contributed by atoms with van der Waals surface area (Å²) in [6.07, 6.45) is 0. The Morgan fingerprint density at radius 1 is 1.37 bits per heavy atom. The van der Waals surface area contributed by atoms with Crippen LogP contribution >= 0.6 is 0 Å². The highest BCUT2D eigenvalue weighted by Gasteiger charge is 2.24. The molecule has 2 atom stereocenters. The monoisotopic (exact) mass is 263 g/mol.